The van der Waals surface area contributed by atoms with E-state index in [0.717, 1.165) is 18.7 Å². The molecule has 0 aromatic heterocycles. The molecule has 0 bridgehead atoms. The van der Waals surface area contributed by atoms with Crippen molar-refractivity contribution in [3.8, 4) is 17.2 Å². The summed E-state index contributed by atoms with van der Waals surface area (Å²) in [7, 11) is 0. The average molecular weight is 515 g/mol. The van der Waals surface area contributed by atoms with E-state index in [1.54, 1.807) is 6.07 Å². The number of aromatic hydroxyl groups is 3. The normalized spacial score (nSPS) is 20.2. The van der Waals surface area contributed by atoms with Gasteiger partial charge in [-0.3, -0.25) is 24.6 Å². The molecule has 3 aliphatic heterocycles. The minimum atomic E-state index is -0.953. The van der Waals surface area contributed by atoms with Gasteiger partial charge in [-0.25, -0.2) is 4.39 Å². The second kappa shape index (κ2) is 9.87. The van der Waals surface area contributed by atoms with Crippen LogP contribution >= 0.6 is 0 Å². The highest BCUT2D eigenvalue weighted by atomic mass is 19.1. The quantitative estimate of drug-likeness (QED) is 0.217. The molecule has 1 atom stereocenters. The lowest BCUT2D eigenvalue weighted by atomic mass is 10.0. The fraction of sp³-hybridized carbons (Fsp3) is 0.400. The first-order valence-electron chi connectivity index (χ1n) is 12.0. The first-order valence-corrected chi connectivity index (χ1v) is 12.0. The maximum atomic E-state index is 14.9. The molecule has 2 aromatic rings. The van der Waals surface area contributed by atoms with Crippen molar-refractivity contribution >= 4 is 23.4 Å². The van der Waals surface area contributed by atoms with Gasteiger partial charge in [0.05, 0.1) is 24.5 Å². The number of ether oxygens (including phenoxy) is 1. The van der Waals surface area contributed by atoms with Gasteiger partial charge < -0.3 is 30.3 Å². The van der Waals surface area contributed by atoms with Crippen molar-refractivity contribution in [2.75, 3.05) is 31.6 Å². The fourth-order valence-electron chi connectivity index (χ4n) is 4.99. The molecule has 196 valence electrons. The van der Waals surface area contributed by atoms with E-state index in [9.17, 15) is 34.1 Å². The van der Waals surface area contributed by atoms with Crippen LogP contribution in [-0.2, 0) is 34.0 Å². The summed E-state index contributed by atoms with van der Waals surface area (Å²) in [5, 5.41) is 36.3. The molecule has 12 heteroatoms. The van der Waals surface area contributed by atoms with Crippen LogP contribution in [-0.4, -0.2) is 75.2 Å². The van der Waals surface area contributed by atoms with Crippen molar-refractivity contribution in [2.24, 2.45) is 0 Å². The number of morpholine rings is 1. The van der Waals surface area contributed by atoms with Gasteiger partial charge in [0.25, 0.3) is 5.91 Å². The van der Waals surface area contributed by atoms with Crippen LogP contribution in [0.1, 0.15) is 39.9 Å². The molecule has 1 unspecified atom stereocenters. The molecule has 0 radical (unpaired) electrons. The van der Waals surface area contributed by atoms with Crippen LogP contribution in [0.15, 0.2) is 18.2 Å². The number of imide groups is 1. The molecule has 5 N–H and O–H groups in total. The number of carbonyl (C=O) groups is 3. The highest BCUT2D eigenvalue weighted by Gasteiger charge is 2.43. The monoisotopic (exact) mass is 514 g/mol. The number of carbonyl (C=O) groups excluding carboxylic acids is 3. The Hall–Kier alpha value is -3.90. The highest BCUT2D eigenvalue weighted by molar-refractivity contribution is 6.08. The van der Waals surface area contributed by atoms with Gasteiger partial charge >= 0.3 is 0 Å². The second-order valence-electron chi connectivity index (χ2n) is 9.34. The van der Waals surface area contributed by atoms with Gasteiger partial charge in [0.2, 0.25) is 17.6 Å². The zero-order valence-electron chi connectivity index (χ0n) is 19.9. The summed E-state index contributed by atoms with van der Waals surface area (Å²) >= 11 is 0. The van der Waals surface area contributed by atoms with Crippen LogP contribution in [0.5, 0.6) is 17.2 Å². The van der Waals surface area contributed by atoms with E-state index in [1.165, 1.54) is 11.0 Å². The number of fused-ring (bicyclic) bond motifs is 1. The Morgan fingerprint density at radius 2 is 1.84 bits per heavy atom. The van der Waals surface area contributed by atoms with E-state index in [1.807, 2.05) is 6.07 Å². The molecule has 3 aliphatic rings. The SMILES string of the molecule is O=C1CCC(N2Cc3c(NCc4ccc(CN5CCOCC5)cc4F)c(O)c(O)c(O)c3C2=O)C(=O)N1. The summed E-state index contributed by atoms with van der Waals surface area (Å²) in [5.41, 5.74) is 0.943. The minimum absolute atomic E-state index is 0.0466. The largest absolute Gasteiger partial charge is 0.504 e. The van der Waals surface area contributed by atoms with Crippen molar-refractivity contribution in [3.05, 3.63) is 46.3 Å². The van der Waals surface area contributed by atoms with Crippen LogP contribution in [0.4, 0.5) is 10.1 Å². The maximum Gasteiger partial charge on any atom is 0.259 e. The average Bonchev–Trinajstić information content (AvgIpc) is 3.21. The highest BCUT2D eigenvalue weighted by Crippen LogP contribution is 2.50. The zero-order chi connectivity index (χ0) is 26.3. The van der Waals surface area contributed by atoms with Gasteiger partial charge in [-0.1, -0.05) is 12.1 Å². The minimum Gasteiger partial charge on any atom is -0.504 e. The summed E-state index contributed by atoms with van der Waals surface area (Å²) in [6.07, 6.45) is 0.152. The number of piperidine rings is 1. The summed E-state index contributed by atoms with van der Waals surface area (Å²) in [4.78, 5) is 40.3. The number of nitrogens with one attached hydrogen (secondary N) is 2. The first-order chi connectivity index (χ1) is 17.7. The molecule has 37 heavy (non-hydrogen) atoms. The summed E-state index contributed by atoms with van der Waals surface area (Å²) in [6.45, 7) is 3.17. The predicted octanol–water partition coefficient (Wildman–Crippen LogP) is 1.15. The number of nitrogens with zero attached hydrogens (tertiary/aromatic N) is 2. The zero-order valence-corrected chi connectivity index (χ0v) is 19.9. The first kappa shape index (κ1) is 24.8. The second-order valence-corrected chi connectivity index (χ2v) is 9.34. The molecule has 11 nitrogen and oxygen atoms in total. The Kier molecular flexibility index (Phi) is 6.61. The Bertz CT molecular complexity index is 1280. The van der Waals surface area contributed by atoms with Crippen molar-refractivity contribution in [3.63, 3.8) is 0 Å². The Balaban J connectivity index is 1.36. The van der Waals surface area contributed by atoms with E-state index >= 15 is 0 Å². The molecule has 3 heterocycles. The molecular weight excluding hydrogens is 487 g/mol. The lowest BCUT2D eigenvalue weighted by Gasteiger charge is -2.29. The lowest BCUT2D eigenvalue weighted by Crippen LogP contribution is -2.52. The molecule has 5 rings (SSSR count). The number of phenols is 3. The van der Waals surface area contributed by atoms with Crippen LogP contribution in [0, 0.1) is 5.82 Å². The molecule has 0 aliphatic carbocycles. The number of benzene rings is 2. The van der Waals surface area contributed by atoms with Gasteiger partial charge in [0.1, 0.15) is 11.9 Å². The lowest BCUT2D eigenvalue weighted by molar-refractivity contribution is -0.136. The molecule has 0 spiro atoms. The summed E-state index contributed by atoms with van der Waals surface area (Å²) < 4.78 is 20.2. The van der Waals surface area contributed by atoms with Crippen LogP contribution in [0.2, 0.25) is 0 Å². The van der Waals surface area contributed by atoms with Crippen molar-refractivity contribution in [2.45, 2.75) is 38.5 Å². The van der Waals surface area contributed by atoms with E-state index in [0.29, 0.717) is 19.8 Å². The number of halogens is 1. The van der Waals surface area contributed by atoms with E-state index in [4.69, 9.17) is 4.74 Å². The molecule has 3 amide bonds. The number of amides is 3. The Labute approximate surface area is 211 Å². The van der Waals surface area contributed by atoms with Crippen LogP contribution in [0.3, 0.4) is 0 Å². The van der Waals surface area contributed by atoms with Gasteiger partial charge in [0, 0.05) is 50.3 Å². The third-order valence-corrected chi connectivity index (χ3v) is 7.00. The van der Waals surface area contributed by atoms with Crippen molar-refractivity contribution < 1.29 is 38.8 Å². The van der Waals surface area contributed by atoms with E-state index in [-0.39, 0.29) is 48.3 Å². The van der Waals surface area contributed by atoms with Gasteiger partial charge in [0.15, 0.2) is 11.5 Å². The fourth-order valence-corrected chi connectivity index (χ4v) is 4.99. The molecule has 2 aromatic carbocycles. The maximum absolute atomic E-state index is 14.9. The van der Waals surface area contributed by atoms with Crippen LogP contribution < -0.4 is 10.6 Å². The molecule has 2 saturated heterocycles. The smallest absolute Gasteiger partial charge is 0.259 e. The number of hydrogen-bond acceptors (Lipinski definition) is 9. The Morgan fingerprint density at radius 1 is 1.08 bits per heavy atom. The number of hydrogen-bond donors (Lipinski definition) is 5. The molecular formula is C25H27FN4O7. The standard InChI is InChI=1S/C25H27FN4O7/c26-16-9-13(11-29-5-7-37-8-6-29)1-2-14(16)10-27-20-15-12-30(17-3-4-18(31)28-24(17)35)25(36)19(15)21(32)23(34)22(20)33/h1-2,9,17,27,32-34H,3-8,10-12H2,(H,28,31,35). The topological polar surface area (TPSA) is 152 Å². The van der Waals surface area contributed by atoms with Gasteiger partial charge in [-0.15, -0.1) is 0 Å². The number of anilines is 1. The van der Waals surface area contributed by atoms with E-state index < -0.39 is 46.8 Å². The summed E-state index contributed by atoms with van der Waals surface area (Å²) in [5.74, 6) is -4.67. The van der Waals surface area contributed by atoms with Gasteiger partial charge in [-0.05, 0) is 18.1 Å². The number of rotatable bonds is 6. The molecule has 0 saturated carbocycles. The summed E-state index contributed by atoms with van der Waals surface area (Å²) in [6, 6.07) is 3.92. The molecule has 2 fully saturated rings. The van der Waals surface area contributed by atoms with E-state index in [2.05, 4.69) is 15.5 Å². The van der Waals surface area contributed by atoms with Crippen molar-refractivity contribution in [1.29, 1.82) is 0 Å². The third-order valence-electron chi connectivity index (χ3n) is 7.00. The van der Waals surface area contributed by atoms with Crippen molar-refractivity contribution in [1.82, 2.24) is 15.1 Å². The van der Waals surface area contributed by atoms with Gasteiger partial charge in [-0.2, -0.15) is 0 Å². The van der Waals surface area contributed by atoms with Crippen LogP contribution in [0.25, 0.3) is 0 Å². The number of phenolic OH excluding ortho intramolecular Hbond substituents is 3. The predicted molar refractivity (Wildman–Crippen MR) is 127 cm³/mol. The third kappa shape index (κ3) is 4.65. The Morgan fingerprint density at radius 3 is 2.54 bits per heavy atom.